The van der Waals surface area contributed by atoms with E-state index in [4.69, 9.17) is 4.42 Å². The van der Waals surface area contributed by atoms with Crippen LogP contribution in [0.3, 0.4) is 0 Å². The van der Waals surface area contributed by atoms with Crippen LogP contribution in [0.1, 0.15) is 42.4 Å². The minimum atomic E-state index is -0.691. The number of nitrogens with zero attached hydrogens (tertiary/aromatic N) is 2. The number of esters is 2. The Morgan fingerprint density at radius 3 is 2.10 bits per heavy atom. The minimum absolute atomic E-state index is 0.0456. The molecule has 2 aromatic heterocycles. The summed E-state index contributed by atoms with van der Waals surface area (Å²) in [5, 5.41) is 12.2. The molecule has 0 bridgehead atoms. The van der Waals surface area contributed by atoms with E-state index >= 15 is 0 Å². The molecule has 0 atom stereocenters. The second-order valence-corrected chi connectivity index (χ2v) is 6.15. The molecule has 0 aliphatic rings. The van der Waals surface area contributed by atoms with Gasteiger partial charge in [-0.05, 0) is 37.3 Å². The van der Waals surface area contributed by atoms with E-state index in [0.717, 1.165) is 0 Å². The van der Waals surface area contributed by atoms with Gasteiger partial charge >= 0.3 is 11.9 Å². The first-order chi connectivity index (χ1) is 14.4. The van der Waals surface area contributed by atoms with Crippen LogP contribution in [0.25, 0.3) is 5.88 Å². The molecule has 1 aromatic carbocycles. The fraction of sp³-hybridized carbons (Fsp3) is 0.143. The van der Waals surface area contributed by atoms with Gasteiger partial charge in [0, 0.05) is 18.1 Å². The van der Waals surface area contributed by atoms with Crippen molar-refractivity contribution >= 4 is 23.5 Å². The van der Waals surface area contributed by atoms with E-state index in [9.17, 15) is 19.6 Å². The van der Waals surface area contributed by atoms with Gasteiger partial charge in [0.2, 0.25) is 5.88 Å². The zero-order chi connectivity index (χ0) is 21.8. The van der Waals surface area contributed by atoms with E-state index in [-0.39, 0.29) is 39.6 Å². The Balaban J connectivity index is 2.01. The number of amides is 1. The Kier molecular flexibility index (Phi) is 5.69. The van der Waals surface area contributed by atoms with Gasteiger partial charge in [-0.25, -0.2) is 9.59 Å². The van der Waals surface area contributed by atoms with E-state index in [1.807, 2.05) is 6.07 Å². The number of rotatable bonds is 5. The molecule has 30 heavy (non-hydrogen) atoms. The Labute approximate surface area is 171 Å². The third-order valence-electron chi connectivity index (χ3n) is 4.28. The topological polar surface area (TPSA) is 124 Å². The first-order valence-electron chi connectivity index (χ1n) is 8.69. The van der Waals surface area contributed by atoms with E-state index in [2.05, 4.69) is 14.8 Å². The highest BCUT2D eigenvalue weighted by atomic mass is 16.5. The number of aromatic nitrogens is 1. The highest BCUT2D eigenvalue weighted by Crippen LogP contribution is 2.27. The fourth-order valence-electron chi connectivity index (χ4n) is 2.92. The lowest BCUT2D eigenvalue weighted by Crippen LogP contribution is -2.15. The molecule has 0 radical (unpaired) electrons. The number of carbonyl (C=O) groups is 3. The summed E-state index contributed by atoms with van der Waals surface area (Å²) < 4.78 is 16.6. The van der Waals surface area contributed by atoms with Crippen LogP contribution in [-0.2, 0) is 9.47 Å². The predicted molar refractivity (Wildman–Crippen MR) is 105 cm³/mol. The number of ether oxygens (including phenoxy) is 2. The van der Waals surface area contributed by atoms with Crippen LogP contribution >= 0.6 is 0 Å². The largest absolute Gasteiger partial charge is 0.465 e. The number of hydrogen-bond acceptors (Lipinski definition) is 7. The van der Waals surface area contributed by atoms with Gasteiger partial charge in [0.1, 0.15) is 23.0 Å². The van der Waals surface area contributed by atoms with Crippen molar-refractivity contribution in [3.63, 3.8) is 0 Å². The van der Waals surface area contributed by atoms with Crippen molar-refractivity contribution in [3.8, 4) is 12.0 Å². The molecular weight excluding hydrogens is 390 g/mol. The number of methoxy groups -OCH3 is 2. The van der Waals surface area contributed by atoms with Gasteiger partial charge in [0.25, 0.3) is 5.91 Å². The van der Waals surface area contributed by atoms with Crippen LogP contribution in [0.15, 0.2) is 47.1 Å². The van der Waals surface area contributed by atoms with Gasteiger partial charge in [-0.3, -0.25) is 9.36 Å². The van der Waals surface area contributed by atoms with E-state index < -0.39 is 17.8 Å². The Bertz CT molecular complexity index is 1130. The first-order valence-corrected chi connectivity index (χ1v) is 8.69. The highest BCUT2D eigenvalue weighted by Gasteiger charge is 2.25. The summed E-state index contributed by atoms with van der Waals surface area (Å²) in [5.41, 5.74) is 0.347. The van der Waals surface area contributed by atoms with Crippen molar-refractivity contribution in [3.05, 3.63) is 70.7 Å². The number of nitriles is 1. The molecule has 0 aliphatic carbocycles. The molecule has 9 nitrogen and oxygen atoms in total. The first kappa shape index (κ1) is 20.4. The van der Waals surface area contributed by atoms with Crippen LogP contribution in [0.4, 0.5) is 5.69 Å². The third-order valence-corrected chi connectivity index (χ3v) is 4.28. The molecule has 2 heterocycles. The molecule has 3 rings (SSSR count). The lowest BCUT2D eigenvalue weighted by Gasteiger charge is -2.09. The monoisotopic (exact) mass is 407 g/mol. The van der Waals surface area contributed by atoms with Crippen molar-refractivity contribution < 1.29 is 28.3 Å². The molecule has 3 aromatic rings. The quantitative estimate of drug-likeness (QED) is 0.645. The standard InChI is InChI=1S/C21H17N3O6/c1-12-17(16(11-22)19(30-12)24-6-4-5-7-24)18(25)23-15-9-13(20(26)28-2)8-14(10-15)21(27)29-3/h4-10H,1-3H3,(H,23,25). The van der Waals surface area contributed by atoms with Gasteiger partial charge in [-0.2, -0.15) is 5.26 Å². The van der Waals surface area contributed by atoms with Crippen molar-refractivity contribution in [1.82, 2.24) is 4.57 Å². The molecular formula is C21H17N3O6. The normalized spacial score (nSPS) is 10.2. The number of anilines is 1. The van der Waals surface area contributed by atoms with Crippen LogP contribution in [0, 0.1) is 18.3 Å². The molecule has 0 fully saturated rings. The molecule has 1 N–H and O–H groups in total. The number of nitrogens with one attached hydrogen (secondary N) is 1. The molecule has 152 valence electrons. The average Bonchev–Trinajstić information content (AvgIpc) is 3.39. The summed E-state index contributed by atoms with van der Waals surface area (Å²) in [6, 6.07) is 9.50. The zero-order valence-corrected chi connectivity index (χ0v) is 16.4. The Morgan fingerprint density at radius 1 is 1.03 bits per heavy atom. The fourth-order valence-corrected chi connectivity index (χ4v) is 2.92. The summed E-state index contributed by atoms with van der Waals surface area (Å²) in [4.78, 5) is 36.8. The van der Waals surface area contributed by atoms with Gasteiger partial charge in [-0.1, -0.05) is 0 Å². The van der Waals surface area contributed by atoms with E-state index in [1.54, 1.807) is 36.0 Å². The van der Waals surface area contributed by atoms with Crippen molar-refractivity contribution in [2.45, 2.75) is 6.92 Å². The predicted octanol–water partition coefficient (Wildman–Crippen LogP) is 3.08. The van der Waals surface area contributed by atoms with Gasteiger partial charge in [-0.15, -0.1) is 0 Å². The molecule has 0 spiro atoms. The maximum atomic E-state index is 12.9. The SMILES string of the molecule is COC(=O)c1cc(NC(=O)c2c(C)oc(-n3cccc3)c2C#N)cc(C(=O)OC)c1. The maximum absolute atomic E-state index is 12.9. The van der Waals surface area contributed by atoms with Crippen LogP contribution in [0.2, 0.25) is 0 Å². The van der Waals surface area contributed by atoms with Crippen molar-refractivity contribution in [2.75, 3.05) is 19.5 Å². The second-order valence-electron chi connectivity index (χ2n) is 6.15. The molecule has 1 amide bonds. The Morgan fingerprint density at radius 2 is 1.60 bits per heavy atom. The van der Waals surface area contributed by atoms with Gasteiger partial charge in [0.15, 0.2) is 0 Å². The highest BCUT2D eigenvalue weighted by molar-refractivity contribution is 6.08. The molecule has 9 heteroatoms. The summed E-state index contributed by atoms with van der Waals surface area (Å²) in [6.45, 7) is 1.56. The Hall–Kier alpha value is -4.32. The number of hydrogen-bond donors (Lipinski definition) is 1. The summed E-state index contributed by atoms with van der Waals surface area (Å²) in [6.07, 6.45) is 3.37. The average molecular weight is 407 g/mol. The molecule has 0 saturated carbocycles. The van der Waals surface area contributed by atoms with Gasteiger partial charge in [0.05, 0.1) is 25.3 Å². The molecule has 0 aliphatic heterocycles. The van der Waals surface area contributed by atoms with Crippen LogP contribution in [-0.4, -0.2) is 36.6 Å². The lowest BCUT2D eigenvalue weighted by molar-refractivity contribution is 0.0599. The summed E-state index contributed by atoms with van der Waals surface area (Å²) in [7, 11) is 2.39. The zero-order valence-electron chi connectivity index (χ0n) is 16.4. The second kappa shape index (κ2) is 8.36. The molecule has 0 saturated heterocycles. The lowest BCUT2D eigenvalue weighted by atomic mass is 10.1. The third kappa shape index (κ3) is 3.79. The smallest absolute Gasteiger partial charge is 0.337 e. The van der Waals surface area contributed by atoms with Gasteiger partial charge < -0.3 is 19.2 Å². The van der Waals surface area contributed by atoms with Crippen LogP contribution < -0.4 is 5.32 Å². The number of benzene rings is 1. The number of carbonyl (C=O) groups excluding carboxylic acids is 3. The maximum Gasteiger partial charge on any atom is 0.337 e. The van der Waals surface area contributed by atoms with Crippen molar-refractivity contribution in [1.29, 1.82) is 5.26 Å². The van der Waals surface area contributed by atoms with Crippen LogP contribution in [0.5, 0.6) is 0 Å². The number of furan rings is 1. The van der Waals surface area contributed by atoms with Crippen molar-refractivity contribution in [2.24, 2.45) is 0 Å². The van der Waals surface area contributed by atoms with E-state index in [0.29, 0.717) is 0 Å². The molecule has 0 unspecified atom stereocenters. The summed E-state index contributed by atoms with van der Waals surface area (Å²) in [5.74, 6) is -1.57. The summed E-state index contributed by atoms with van der Waals surface area (Å²) >= 11 is 0. The van der Waals surface area contributed by atoms with E-state index in [1.165, 1.54) is 32.4 Å². The minimum Gasteiger partial charge on any atom is -0.465 e. The number of aryl methyl sites for hydroxylation is 1.